The molecule has 0 spiro atoms. The molecule has 6 heteroatoms. The van der Waals surface area contributed by atoms with Crippen LogP contribution in [0, 0.1) is 19.7 Å². The third-order valence-corrected chi connectivity index (χ3v) is 4.68. The lowest BCUT2D eigenvalue weighted by Crippen LogP contribution is -2.40. The Hall–Kier alpha value is -2.63. The van der Waals surface area contributed by atoms with Gasteiger partial charge in [-0.3, -0.25) is 4.79 Å². The number of H-pyrrole nitrogens is 1. The van der Waals surface area contributed by atoms with Gasteiger partial charge < -0.3 is 15.2 Å². The number of rotatable bonds is 3. The summed E-state index contributed by atoms with van der Waals surface area (Å²) in [5, 5.41) is 2.85. The third kappa shape index (κ3) is 3.73. The summed E-state index contributed by atoms with van der Waals surface area (Å²) in [6.45, 7) is 4.53. The van der Waals surface area contributed by atoms with Crippen molar-refractivity contribution in [3.63, 3.8) is 0 Å². The molecule has 1 fully saturated rings. The quantitative estimate of drug-likeness (QED) is 0.899. The van der Waals surface area contributed by atoms with E-state index in [1.165, 1.54) is 12.1 Å². The van der Waals surface area contributed by atoms with Gasteiger partial charge in [-0.1, -0.05) is 12.1 Å². The third-order valence-electron chi connectivity index (χ3n) is 4.68. The van der Waals surface area contributed by atoms with E-state index in [4.69, 9.17) is 0 Å². The minimum absolute atomic E-state index is 0.0574. The number of aromatic nitrogens is 1. The van der Waals surface area contributed by atoms with Gasteiger partial charge in [0.25, 0.3) is 5.56 Å². The Balaban J connectivity index is 1.70. The topological polar surface area (TPSA) is 65.2 Å². The van der Waals surface area contributed by atoms with Crippen LogP contribution in [0.3, 0.4) is 0 Å². The van der Waals surface area contributed by atoms with Crippen molar-refractivity contribution in [2.45, 2.75) is 39.3 Å². The Morgan fingerprint density at radius 2 is 2.04 bits per heavy atom. The lowest BCUT2D eigenvalue weighted by molar-refractivity contribution is 0.192. The smallest absolute Gasteiger partial charge is 0.318 e. The number of likely N-dealkylation sites (tertiary alicyclic amines) is 1. The number of pyridine rings is 1. The molecule has 0 aliphatic carbocycles. The predicted octanol–water partition coefficient (Wildman–Crippen LogP) is 3.18. The van der Waals surface area contributed by atoms with Crippen molar-refractivity contribution in [3.05, 3.63) is 68.9 Å². The van der Waals surface area contributed by atoms with Crippen LogP contribution in [0.1, 0.15) is 41.3 Å². The maximum Gasteiger partial charge on any atom is 0.318 e. The Morgan fingerprint density at radius 1 is 1.32 bits per heavy atom. The average molecular weight is 343 g/mol. The summed E-state index contributed by atoms with van der Waals surface area (Å²) in [5.74, 6) is -0.285. The van der Waals surface area contributed by atoms with E-state index in [0.717, 1.165) is 29.7 Å². The van der Waals surface area contributed by atoms with Crippen LogP contribution in [0.25, 0.3) is 0 Å². The monoisotopic (exact) mass is 343 g/mol. The molecule has 0 unspecified atom stereocenters. The van der Waals surface area contributed by atoms with Crippen LogP contribution in [0.5, 0.6) is 0 Å². The van der Waals surface area contributed by atoms with Crippen LogP contribution in [0.15, 0.2) is 35.1 Å². The molecular formula is C19H22FN3O2. The van der Waals surface area contributed by atoms with Gasteiger partial charge in [-0.05, 0) is 56.0 Å². The molecule has 2 heterocycles. The Bertz CT molecular complexity index is 830. The van der Waals surface area contributed by atoms with Crippen LogP contribution in [0.2, 0.25) is 0 Å². The predicted molar refractivity (Wildman–Crippen MR) is 93.9 cm³/mol. The molecule has 132 valence electrons. The molecule has 0 radical (unpaired) electrons. The lowest BCUT2D eigenvalue weighted by Gasteiger charge is -2.25. The SMILES string of the molecule is Cc1cc(C)c(CNC(=O)N2CCC[C@@H]2c2ccc(F)cc2)c(=O)[nH]1. The molecule has 1 aromatic carbocycles. The van der Waals surface area contributed by atoms with Crippen molar-refractivity contribution in [3.8, 4) is 0 Å². The van der Waals surface area contributed by atoms with Crippen LogP contribution in [-0.4, -0.2) is 22.5 Å². The zero-order valence-electron chi connectivity index (χ0n) is 14.4. The summed E-state index contributed by atoms with van der Waals surface area (Å²) in [6.07, 6.45) is 1.75. The van der Waals surface area contributed by atoms with Gasteiger partial charge in [0.2, 0.25) is 0 Å². The van der Waals surface area contributed by atoms with Crippen molar-refractivity contribution < 1.29 is 9.18 Å². The van der Waals surface area contributed by atoms with Gasteiger partial charge in [-0.25, -0.2) is 9.18 Å². The van der Waals surface area contributed by atoms with Gasteiger partial charge in [-0.2, -0.15) is 0 Å². The Morgan fingerprint density at radius 3 is 2.72 bits per heavy atom. The number of halogens is 1. The number of aryl methyl sites for hydroxylation is 2. The molecule has 1 aliphatic heterocycles. The highest BCUT2D eigenvalue weighted by molar-refractivity contribution is 5.75. The maximum absolute atomic E-state index is 13.1. The fourth-order valence-electron chi connectivity index (χ4n) is 3.41. The molecule has 2 N–H and O–H groups in total. The molecule has 1 saturated heterocycles. The number of aromatic amines is 1. The molecule has 2 aromatic rings. The first-order valence-corrected chi connectivity index (χ1v) is 8.45. The van der Waals surface area contributed by atoms with Gasteiger partial charge in [-0.15, -0.1) is 0 Å². The highest BCUT2D eigenvalue weighted by Gasteiger charge is 2.29. The second-order valence-electron chi connectivity index (χ2n) is 6.50. The minimum Gasteiger partial charge on any atom is -0.334 e. The second kappa shape index (κ2) is 7.09. The summed E-state index contributed by atoms with van der Waals surface area (Å²) in [7, 11) is 0. The van der Waals surface area contributed by atoms with Crippen molar-refractivity contribution in [1.29, 1.82) is 0 Å². The molecule has 5 nitrogen and oxygen atoms in total. The molecule has 1 atom stereocenters. The fraction of sp³-hybridized carbons (Fsp3) is 0.368. The fourth-order valence-corrected chi connectivity index (χ4v) is 3.41. The number of carbonyl (C=O) groups excluding carboxylic acids is 1. The van der Waals surface area contributed by atoms with E-state index in [9.17, 15) is 14.0 Å². The van der Waals surface area contributed by atoms with E-state index in [2.05, 4.69) is 10.3 Å². The number of urea groups is 1. The highest BCUT2D eigenvalue weighted by Crippen LogP contribution is 2.31. The second-order valence-corrected chi connectivity index (χ2v) is 6.50. The number of nitrogens with zero attached hydrogens (tertiary/aromatic N) is 1. The van der Waals surface area contributed by atoms with E-state index in [-0.39, 0.29) is 30.0 Å². The number of carbonyl (C=O) groups is 1. The van der Waals surface area contributed by atoms with E-state index < -0.39 is 0 Å². The minimum atomic E-state index is -0.285. The largest absolute Gasteiger partial charge is 0.334 e. The zero-order chi connectivity index (χ0) is 18.0. The molecule has 1 aliphatic rings. The zero-order valence-corrected chi connectivity index (χ0v) is 14.4. The van der Waals surface area contributed by atoms with E-state index >= 15 is 0 Å². The summed E-state index contributed by atoms with van der Waals surface area (Å²) in [5.41, 5.74) is 2.98. The van der Waals surface area contributed by atoms with Gasteiger partial charge in [0, 0.05) is 17.8 Å². The van der Waals surface area contributed by atoms with Gasteiger partial charge >= 0.3 is 6.03 Å². The molecular weight excluding hydrogens is 321 g/mol. The van der Waals surface area contributed by atoms with Crippen LogP contribution in [0.4, 0.5) is 9.18 Å². The van der Waals surface area contributed by atoms with E-state index in [0.29, 0.717) is 12.1 Å². The number of nitrogens with one attached hydrogen (secondary N) is 2. The number of hydrogen-bond donors (Lipinski definition) is 2. The summed E-state index contributed by atoms with van der Waals surface area (Å²) in [4.78, 5) is 29.2. The normalized spacial score (nSPS) is 16.9. The summed E-state index contributed by atoms with van der Waals surface area (Å²) >= 11 is 0. The Labute approximate surface area is 145 Å². The summed E-state index contributed by atoms with van der Waals surface area (Å²) in [6, 6.07) is 7.91. The maximum atomic E-state index is 13.1. The van der Waals surface area contributed by atoms with Crippen LogP contribution < -0.4 is 10.9 Å². The molecule has 1 aromatic heterocycles. The van der Waals surface area contributed by atoms with Gasteiger partial charge in [0.15, 0.2) is 0 Å². The van der Waals surface area contributed by atoms with Crippen molar-refractivity contribution in [1.82, 2.24) is 15.2 Å². The summed E-state index contributed by atoms with van der Waals surface area (Å²) < 4.78 is 13.1. The molecule has 25 heavy (non-hydrogen) atoms. The van der Waals surface area contributed by atoms with Crippen LogP contribution in [-0.2, 0) is 6.54 Å². The molecule has 3 rings (SSSR count). The first kappa shape index (κ1) is 17.2. The lowest BCUT2D eigenvalue weighted by atomic mass is 10.0. The standard InChI is InChI=1S/C19H22FN3O2/c1-12-10-13(2)22-18(24)16(12)11-21-19(25)23-9-3-4-17(23)14-5-7-15(20)8-6-14/h5-8,10,17H,3-4,9,11H2,1-2H3,(H,21,25)(H,22,24)/t17-/m1/s1. The van der Waals surface area contributed by atoms with Gasteiger partial charge in [0.1, 0.15) is 5.82 Å². The number of benzene rings is 1. The number of amides is 2. The Kier molecular flexibility index (Phi) is 4.88. The van der Waals surface area contributed by atoms with Crippen molar-refractivity contribution >= 4 is 6.03 Å². The molecule has 2 amide bonds. The first-order valence-electron chi connectivity index (χ1n) is 8.45. The highest BCUT2D eigenvalue weighted by atomic mass is 19.1. The molecule has 0 bridgehead atoms. The van der Waals surface area contributed by atoms with Crippen molar-refractivity contribution in [2.24, 2.45) is 0 Å². The first-order chi connectivity index (χ1) is 12.0. The average Bonchev–Trinajstić information content (AvgIpc) is 3.04. The van der Waals surface area contributed by atoms with Gasteiger partial charge in [0.05, 0.1) is 12.6 Å². The van der Waals surface area contributed by atoms with Crippen molar-refractivity contribution in [2.75, 3.05) is 6.54 Å². The van der Waals surface area contributed by atoms with E-state index in [1.54, 1.807) is 17.0 Å². The number of hydrogen-bond acceptors (Lipinski definition) is 2. The molecule has 0 saturated carbocycles. The van der Waals surface area contributed by atoms with Crippen LogP contribution >= 0.6 is 0 Å². The van der Waals surface area contributed by atoms with E-state index in [1.807, 2.05) is 19.9 Å².